The fourth-order valence-corrected chi connectivity index (χ4v) is 0.714. The van der Waals surface area contributed by atoms with Crippen LogP contribution in [-0.4, -0.2) is 17.4 Å². The molecular formula is C6H11BrO2. The van der Waals surface area contributed by atoms with Crippen molar-refractivity contribution >= 4 is 21.9 Å². The number of carbonyl (C=O) groups is 1. The van der Waals surface area contributed by atoms with E-state index in [1.807, 2.05) is 6.92 Å². The van der Waals surface area contributed by atoms with Crippen LogP contribution < -0.4 is 0 Å². The molecule has 0 saturated heterocycles. The Morgan fingerprint density at radius 1 is 1.78 bits per heavy atom. The van der Waals surface area contributed by atoms with E-state index >= 15 is 0 Å². The van der Waals surface area contributed by atoms with Crippen molar-refractivity contribution in [1.82, 2.24) is 0 Å². The lowest BCUT2D eigenvalue weighted by Crippen LogP contribution is -2.08. The van der Waals surface area contributed by atoms with Crippen LogP contribution >= 0.6 is 15.9 Å². The molecule has 0 unspecified atom stereocenters. The zero-order valence-electron chi connectivity index (χ0n) is 5.69. The zero-order valence-corrected chi connectivity index (χ0v) is 7.27. The molecule has 0 aliphatic rings. The van der Waals surface area contributed by atoms with Gasteiger partial charge in [0.25, 0.3) is 0 Å². The molecule has 0 spiro atoms. The van der Waals surface area contributed by atoms with Crippen molar-refractivity contribution in [2.24, 2.45) is 0 Å². The fraction of sp³-hybridized carbons (Fsp3) is 0.833. The molecule has 2 nitrogen and oxygen atoms in total. The van der Waals surface area contributed by atoms with Crippen LogP contribution in [-0.2, 0) is 9.53 Å². The van der Waals surface area contributed by atoms with E-state index in [0.29, 0.717) is 13.0 Å². The van der Waals surface area contributed by atoms with Gasteiger partial charge in [0.15, 0.2) is 0 Å². The van der Waals surface area contributed by atoms with Crippen LogP contribution in [0.1, 0.15) is 20.3 Å². The maximum Gasteiger partial charge on any atom is 0.306 e. The number of carbonyl (C=O) groups excluding carboxylic acids is 1. The minimum Gasteiger partial charge on any atom is -0.466 e. The molecule has 0 fully saturated rings. The number of hydrogen-bond acceptors (Lipinski definition) is 2. The van der Waals surface area contributed by atoms with Crippen LogP contribution in [0.2, 0.25) is 0 Å². The van der Waals surface area contributed by atoms with Crippen molar-refractivity contribution in [2.75, 3.05) is 6.61 Å². The third-order valence-electron chi connectivity index (χ3n) is 0.753. The van der Waals surface area contributed by atoms with Gasteiger partial charge in [-0.1, -0.05) is 22.9 Å². The van der Waals surface area contributed by atoms with Gasteiger partial charge < -0.3 is 4.74 Å². The van der Waals surface area contributed by atoms with E-state index in [2.05, 4.69) is 20.7 Å². The minimum atomic E-state index is -0.137. The SMILES string of the molecule is CCOC(=O)C[C@@H](C)Br. The summed E-state index contributed by atoms with van der Waals surface area (Å²) >= 11 is 3.24. The van der Waals surface area contributed by atoms with Gasteiger partial charge in [-0.3, -0.25) is 4.79 Å². The lowest BCUT2D eigenvalue weighted by Gasteiger charge is -2.01. The summed E-state index contributed by atoms with van der Waals surface area (Å²) in [5.41, 5.74) is 0. The van der Waals surface area contributed by atoms with E-state index in [0.717, 1.165) is 0 Å². The second-order valence-corrected chi connectivity index (χ2v) is 3.35. The molecule has 0 aromatic carbocycles. The molecule has 9 heavy (non-hydrogen) atoms. The maximum absolute atomic E-state index is 10.6. The second kappa shape index (κ2) is 4.79. The Morgan fingerprint density at radius 2 is 2.33 bits per heavy atom. The molecular weight excluding hydrogens is 184 g/mol. The van der Waals surface area contributed by atoms with Gasteiger partial charge in [0.1, 0.15) is 0 Å². The molecule has 0 saturated carbocycles. The number of esters is 1. The van der Waals surface area contributed by atoms with Gasteiger partial charge in [0.05, 0.1) is 13.0 Å². The van der Waals surface area contributed by atoms with Gasteiger partial charge in [-0.2, -0.15) is 0 Å². The topological polar surface area (TPSA) is 26.3 Å². The van der Waals surface area contributed by atoms with Crippen molar-refractivity contribution in [3.05, 3.63) is 0 Å². The first kappa shape index (κ1) is 8.95. The average molecular weight is 195 g/mol. The van der Waals surface area contributed by atoms with Crippen molar-refractivity contribution in [2.45, 2.75) is 25.1 Å². The number of alkyl halides is 1. The largest absolute Gasteiger partial charge is 0.466 e. The lowest BCUT2D eigenvalue weighted by atomic mass is 10.3. The van der Waals surface area contributed by atoms with Crippen LogP contribution in [0.4, 0.5) is 0 Å². The zero-order chi connectivity index (χ0) is 7.28. The molecule has 54 valence electrons. The van der Waals surface area contributed by atoms with Crippen molar-refractivity contribution in [1.29, 1.82) is 0 Å². The summed E-state index contributed by atoms with van der Waals surface area (Å²) in [7, 11) is 0. The Morgan fingerprint density at radius 3 is 2.67 bits per heavy atom. The highest BCUT2D eigenvalue weighted by Gasteiger charge is 2.04. The highest BCUT2D eigenvalue weighted by molar-refractivity contribution is 9.09. The third-order valence-corrected chi connectivity index (χ3v) is 1.08. The molecule has 3 heteroatoms. The van der Waals surface area contributed by atoms with Crippen molar-refractivity contribution in [3.63, 3.8) is 0 Å². The maximum atomic E-state index is 10.6. The van der Waals surface area contributed by atoms with Crippen LogP contribution in [0.3, 0.4) is 0 Å². The first-order chi connectivity index (χ1) is 4.16. The van der Waals surface area contributed by atoms with E-state index in [9.17, 15) is 4.79 Å². The normalized spacial score (nSPS) is 12.8. The lowest BCUT2D eigenvalue weighted by molar-refractivity contribution is -0.142. The predicted molar refractivity (Wildman–Crippen MR) is 39.6 cm³/mol. The van der Waals surface area contributed by atoms with Crippen LogP contribution in [0, 0.1) is 0 Å². The van der Waals surface area contributed by atoms with E-state index in [1.54, 1.807) is 6.92 Å². The number of hydrogen-bond donors (Lipinski definition) is 0. The van der Waals surface area contributed by atoms with Crippen molar-refractivity contribution < 1.29 is 9.53 Å². The number of rotatable bonds is 3. The Hall–Kier alpha value is -0.0500. The molecule has 0 aliphatic carbocycles. The van der Waals surface area contributed by atoms with Crippen LogP contribution in [0.25, 0.3) is 0 Å². The molecule has 0 aliphatic heterocycles. The predicted octanol–water partition coefficient (Wildman–Crippen LogP) is 1.72. The van der Waals surface area contributed by atoms with E-state index in [1.165, 1.54) is 0 Å². The van der Waals surface area contributed by atoms with E-state index in [-0.39, 0.29) is 10.8 Å². The summed E-state index contributed by atoms with van der Waals surface area (Å²) in [5.74, 6) is -0.137. The van der Waals surface area contributed by atoms with Gasteiger partial charge in [-0.15, -0.1) is 0 Å². The Bertz CT molecular complexity index is 91.1. The molecule has 0 heterocycles. The van der Waals surface area contributed by atoms with Gasteiger partial charge in [0.2, 0.25) is 0 Å². The fourth-order valence-electron chi connectivity index (χ4n) is 0.450. The Kier molecular flexibility index (Phi) is 4.77. The standard InChI is InChI=1S/C6H11BrO2/c1-3-9-6(8)4-5(2)7/h5H,3-4H2,1-2H3/t5-/m1/s1. The second-order valence-electron chi connectivity index (χ2n) is 1.79. The van der Waals surface area contributed by atoms with E-state index < -0.39 is 0 Å². The smallest absolute Gasteiger partial charge is 0.306 e. The highest BCUT2D eigenvalue weighted by atomic mass is 79.9. The molecule has 0 aromatic rings. The number of halogens is 1. The van der Waals surface area contributed by atoms with Crippen LogP contribution in [0.5, 0.6) is 0 Å². The molecule has 0 N–H and O–H groups in total. The summed E-state index contributed by atoms with van der Waals surface area (Å²) in [6.45, 7) is 4.19. The van der Waals surface area contributed by atoms with Gasteiger partial charge in [-0.05, 0) is 6.92 Å². The van der Waals surface area contributed by atoms with Gasteiger partial charge in [-0.25, -0.2) is 0 Å². The Labute approximate surface area is 63.7 Å². The first-order valence-corrected chi connectivity index (χ1v) is 3.88. The monoisotopic (exact) mass is 194 g/mol. The summed E-state index contributed by atoms with van der Waals surface area (Å²) in [4.78, 5) is 10.8. The Balaban J connectivity index is 3.27. The molecule has 0 amide bonds. The van der Waals surface area contributed by atoms with Gasteiger partial charge in [0, 0.05) is 4.83 Å². The van der Waals surface area contributed by atoms with Crippen LogP contribution in [0.15, 0.2) is 0 Å². The average Bonchev–Trinajstić information content (AvgIpc) is 1.63. The van der Waals surface area contributed by atoms with Crippen molar-refractivity contribution in [3.8, 4) is 0 Å². The molecule has 0 rings (SSSR count). The summed E-state index contributed by atoms with van der Waals surface area (Å²) < 4.78 is 4.68. The quantitative estimate of drug-likeness (QED) is 0.506. The minimum absolute atomic E-state index is 0.137. The first-order valence-electron chi connectivity index (χ1n) is 2.96. The molecule has 0 radical (unpaired) electrons. The summed E-state index contributed by atoms with van der Waals surface area (Å²) in [6, 6.07) is 0. The summed E-state index contributed by atoms with van der Waals surface area (Å²) in [6.07, 6.45) is 0.452. The third kappa shape index (κ3) is 5.83. The van der Waals surface area contributed by atoms with Gasteiger partial charge >= 0.3 is 5.97 Å². The molecule has 1 atom stereocenters. The number of ether oxygens (including phenoxy) is 1. The molecule has 0 aromatic heterocycles. The highest BCUT2D eigenvalue weighted by Crippen LogP contribution is 2.03. The molecule has 0 bridgehead atoms. The summed E-state index contributed by atoms with van der Waals surface area (Å²) in [5, 5.41) is 0. The van der Waals surface area contributed by atoms with E-state index in [4.69, 9.17) is 0 Å².